The Morgan fingerprint density at radius 2 is 2.00 bits per heavy atom. The number of benzene rings is 1. The maximum absolute atomic E-state index is 13.5. The highest BCUT2D eigenvalue weighted by Crippen LogP contribution is 2.39. The lowest BCUT2D eigenvalue weighted by Crippen LogP contribution is -2.36. The van der Waals surface area contributed by atoms with Gasteiger partial charge >= 0.3 is 0 Å². The summed E-state index contributed by atoms with van der Waals surface area (Å²) in [5.74, 6) is 2.05. The molecule has 11 heteroatoms. The van der Waals surface area contributed by atoms with Crippen molar-refractivity contribution < 1.29 is 9.13 Å². The van der Waals surface area contributed by atoms with Crippen molar-refractivity contribution in [3.63, 3.8) is 0 Å². The van der Waals surface area contributed by atoms with Crippen LogP contribution in [0.1, 0.15) is 12.8 Å². The lowest BCUT2D eigenvalue weighted by atomic mass is 9.98. The highest BCUT2D eigenvalue weighted by atomic mass is 32.2. The van der Waals surface area contributed by atoms with E-state index in [9.17, 15) is 4.39 Å². The molecule has 1 aromatic carbocycles. The monoisotopic (exact) mass is 552 g/mol. The fourth-order valence-electron chi connectivity index (χ4n) is 4.25. The lowest BCUT2D eigenvalue weighted by Gasteiger charge is -2.26. The standard InChI is InChI=1S/C26H25FN6OS3/c27-18-1-3-19(4-2-18)34-22-13-20(36-23-7-11-29-21-8-12-35-25(21)23)14-30-26(22)31-24-16-33(32-37-24)15-17-5-9-28-10-6-17/h1-4,7-8,11-14,16-17,28,32H,5-6,9-10,15H2,(H,30,31). The molecule has 190 valence electrons. The Balaban J connectivity index is 1.23. The zero-order valence-corrected chi connectivity index (χ0v) is 22.3. The predicted octanol–water partition coefficient (Wildman–Crippen LogP) is 6.45. The second-order valence-electron chi connectivity index (χ2n) is 8.78. The van der Waals surface area contributed by atoms with Crippen LogP contribution in [-0.4, -0.2) is 34.6 Å². The van der Waals surface area contributed by atoms with E-state index in [4.69, 9.17) is 9.72 Å². The van der Waals surface area contributed by atoms with Crippen LogP contribution in [0.3, 0.4) is 0 Å². The van der Waals surface area contributed by atoms with Crippen LogP contribution in [-0.2, 0) is 0 Å². The smallest absolute Gasteiger partial charge is 0.174 e. The van der Waals surface area contributed by atoms with Gasteiger partial charge in [0.1, 0.15) is 16.6 Å². The van der Waals surface area contributed by atoms with Crippen molar-refractivity contribution in [3.8, 4) is 11.5 Å². The van der Waals surface area contributed by atoms with Crippen molar-refractivity contribution in [2.45, 2.75) is 22.6 Å². The first-order chi connectivity index (χ1) is 18.2. The number of rotatable bonds is 8. The van der Waals surface area contributed by atoms with Crippen LogP contribution in [0, 0.1) is 11.7 Å². The topological polar surface area (TPSA) is 74.3 Å². The maximum atomic E-state index is 13.5. The van der Waals surface area contributed by atoms with E-state index in [-0.39, 0.29) is 5.82 Å². The average molecular weight is 553 g/mol. The number of ether oxygens (including phenoxy) is 1. The first-order valence-corrected chi connectivity index (χ1v) is 14.5. The van der Waals surface area contributed by atoms with Gasteiger partial charge in [0.05, 0.1) is 10.2 Å². The third kappa shape index (κ3) is 6.02. The molecule has 1 saturated heterocycles. The summed E-state index contributed by atoms with van der Waals surface area (Å²) in [6.07, 6.45) is 8.10. The van der Waals surface area contributed by atoms with Gasteiger partial charge in [0, 0.05) is 41.0 Å². The van der Waals surface area contributed by atoms with E-state index >= 15 is 0 Å². The first-order valence-electron chi connectivity index (χ1n) is 12.0. The normalized spacial score (nSPS) is 16.2. The summed E-state index contributed by atoms with van der Waals surface area (Å²) in [7, 11) is 0. The van der Waals surface area contributed by atoms with Crippen LogP contribution >= 0.6 is 35.0 Å². The van der Waals surface area contributed by atoms with Crippen LogP contribution in [0.2, 0.25) is 0 Å². The van der Waals surface area contributed by atoms with E-state index in [1.54, 1.807) is 35.2 Å². The summed E-state index contributed by atoms with van der Waals surface area (Å²) in [6.45, 7) is 3.12. The number of hydrazine groups is 1. The molecule has 0 radical (unpaired) electrons. The van der Waals surface area contributed by atoms with E-state index in [1.807, 2.05) is 36.0 Å². The molecule has 7 nitrogen and oxygen atoms in total. The molecule has 2 aliphatic heterocycles. The number of thiophene rings is 1. The summed E-state index contributed by atoms with van der Waals surface area (Å²) in [5, 5.41) is 11.9. The number of nitrogens with one attached hydrogen (secondary N) is 3. The number of nitrogens with zero attached hydrogens (tertiary/aromatic N) is 3. The molecule has 0 aliphatic carbocycles. The molecule has 2 aliphatic rings. The summed E-state index contributed by atoms with van der Waals surface area (Å²) < 4.78 is 20.8. The highest BCUT2D eigenvalue weighted by Gasteiger charge is 2.21. The Labute approximate surface area is 227 Å². The fraction of sp³-hybridized carbons (Fsp3) is 0.231. The summed E-state index contributed by atoms with van der Waals surface area (Å²) in [6, 6.07) is 12.0. The Hall–Kier alpha value is -2.83. The number of halogens is 1. The largest absolute Gasteiger partial charge is 0.453 e. The van der Waals surface area contributed by atoms with E-state index in [0.29, 0.717) is 23.2 Å². The minimum Gasteiger partial charge on any atom is -0.453 e. The fourth-order valence-corrected chi connectivity index (χ4v) is 6.80. The Morgan fingerprint density at radius 3 is 2.86 bits per heavy atom. The summed E-state index contributed by atoms with van der Waals surface area (Å²) >= 11 is 4.80. The van der Waals surface area contributed by atoms with E-state index in [1.165, 1.54) is 36.9 Å². The predicted molar refractivity (Wildman–Crippen MR) is 149 cm³/mol. The van der Waals surface area contributed by atoms with Crippen LogP contribution in [0.5, 0.6) is 11.5 Å². The molecule has 0 spiro atoms. The molecule has 1 fully saturated rings. The quantitative estimate of drug-likeness (QED) is 0.214. The molecule has 0 bridgehead atoms. The van der Waals surface area contributed by atoms with Gasteiger partial charge in [0.25, 0.3) is 0 Å². The van der Waals surface area contributed by atoms with E-state index in [0.717, 1.165) is 44.7 Å². The molecule has 5 heterocycles. The van der Waals surface area contributed by atoms with Crippen molar-refractivity contribution in [1.29, 1.82) is 0 Å². The average Bonchev–Trinajstić information content (AvgIpc) is 3.58. The van der Waals surface area contributed by atoms with Crippen LogP contribution < -0.4 is 20.2 Å². The minimum atomic E-state index is -0.307. The molecule has 3 N–H and O–H groups in total. The third-order valence-electron chi connectivity index (χ3n) is 6.11. The molecule has 4 aromatic rings. The van der Waals surface area contributed by atoms with Gasteiger partial charge in [-0.1, -0.05) is 11.8 Å². The molecule has 0 saturated carbocycles. The molecular weight excluding hydrogens is 528 g/mol. The van der Waals surface area contributed by atoms with Gasteiger partial charge in [-0.2, -0.15) is 4.83 Å². The Bertz CT molecular complexity index is 1410. The zero-order chi connectivity index (χ0) is 25.0. The van der Waals surface area contributed by atoms with Crippen LogP contribution in [0.25, 0.3) is 10.2 Å². The Morgan fingerprint density at radius 1 is 1.14 bits per heavy atom. The number of pyridine rings is 2. The van der Waals surface area contributed by atoms with Crippen molar-refractivity contribution in [2.75, 3.05) is 25.0 Å². The van der Waals surface area contributed by atoms with Gasteiger partial charge < -0.3 is 20.4 Å². The van der Waals surface area contributed by atoms with Gasteiger partial charge in [-0.15, -0.1) is 11.3 Å². The van der Waals surface area contributed by atoms with Gasteiger partial charge in [0.2, 0.25) is 0 Å². The van der Waals surface area contributed by atoms with Gasteiger partial charge in [-0.05, 0) is 85.6 Å². The second kappa shape index (κ2) is 11.3. The summed E-state index contributed by atoms with van der Waals surface area (Å²) in [4.78, 5) is 14.6. The number of anilines is 1. The van der Waals surface area contributed by atoms with Crippen LogP contribution in [0.4, 0.5) is 10.2 Å². The van der Waals surface area contributed by atoms with Gasteiger partial charge in [-0.25, -0.2) is 9.37 Å². The minimum absolute atomic E-state index is 0.307. The SMILES string of the molecule is Fc1ccc(Oc2cc(Sc3ccnc4ccsc34)cnc2NC2=CN(CC3CCNCC3)NS2)cc1. The number of piperidine rings is 1. The van der Waals surface area contributed by atoms with Crippen molar-refractivity contribution in [1.82, 2.24) is 25.1 Å². The third-order valence-corrected chi connectivity index (χ3v) is 8.94. The van der Waals surface area contributed by atoms with E-state index < -0.39 is 0 Å². The molecule has 37 heavy (non-hydrogen) atoms. The second-order valence-corrected chi connectivity index (χ2v) is 11.6. The molecule has 0 atom stereocenters. The zero-order valence-electron chi connectivity index (χ0n) is 19.8. The number of hydrogen-bond donors (Lipinski definition) is 3. The van der Waals surface area contributed by atoms with Crippen molar-refractivity contribution in [2.24, 2.45) is 5.92 Å². The highest BCUT2D eigenvalue weighted by molar-refractivity contribution is 8.01. The first kappa shape index (κ1) is 24.5. The molecule has 0 amide bonds. The van der Waals surface area contributed by atoms with Gasteiger partial charge in [0.15, 0.2) is 11.6 Å². The van der Waals surface area contributed by atoms with E-state index in [2.05, 4.69) is 31.7 Å². The number of fused-ring (bicyclic) bond motifs is 1. The number of aromatic nitrogens is 2. The maximum Gasteiger partial charge on any atom is 0.174 e. The van der Waals surface area contributed by atoms with Crippen molar-refractivity contribution in [3.05, 3.63) is 77.3 Å². The van der Waals surface area contributed by atoms with Crippen molar-refractivity contribution >= 4 is 51.1 Å². The molecular formula is C26H25FN6OS3. The Kier molecular flexibility index (Phi) is 7.47. The van der Waals surface area contributed by atoms with Gasteiger partial charge in [-0.3, -0.25) is 4.98 Å². The lowest BCUT2D eigenvalue weighted by molar-refractivity contribution is 0.252. The molecule has 6 rings (SSSR count). The molecule has 3 aromatic heterocycles. The molecule has 0 unspecified atom stereocenters. The van der Waals surface area contributed by atoms with Crippen LogP contribution in [0.15, 0.2) is 81.3 Å². The number of hydrogen-bond acceptors (Lipinski definition) is 10. The summed E-state index contributed by atoms with van der Waals surface area (Å²) in [5.41, 5.74) is 0.982.